The van der Waals surface area contributed by atoms with Crippen molar-refractivity contribution in [2.45, 2.75) is 32.6 Å². The number of carboxylic acid groups (broad SMARTS) is 1. The standard InChI is InChI=1S/C6H12O2/c1-2-3-4-5-6(7)8/h2-5H2,1H3,(H,7,8)/i4D/t4-/m1/s1. The number of carboxylic acids is 1. The Balaban J connectivity index is 3.26. The van der Waals surface area contributed by atoms with E-state index in [1.807, 2.05) is 6.92 Å². The summed E-state index contributed by atoms with van der Waals surface area (Å²) >= 11 is 0. The monoisotopic (exact) mass is 117 g/mol. The first-order valence-corrected chi connectivity index (χ1v) is 2.80. The predicted octanol–water partition coefficient (Wildman–Crippen LogP) is 1.65. The molecular weight excluding hydrogens is 104 g/mol. The van der Waals surface area contributed by atoms with Crippen molar-refractivity contribution in [1.29, 1.82) is 0 Å². The normalized spacial score (nSPS) is 14.9. The highest BCUT2D eigenvalue weighted by molar-refractivity contribution is 5.66. The van der Waals surface area contributed by atoms with E-state index in [1.165, 1.54) is 0 Å². The van der Waals surface area contributed by atoms with E-state index < -0.39 is 12.4 Å². The van der Waals surface area contributed by atoms with Crippen molar-refractivity contribution >= 4 is 5.97 Å². The van der Waals surface area contributed by atoms with Crippen LogP contribution < -0.4 is 0 Å². The van der Waals surface area contributed by atoms with Crippen LogP contribution in [0.4, 0.5) is 0 Å². The lowest BCUT2D eigenvalue weighted by Crippen LogP contribution is -1.92. The average molecular weight is 117 g/mol. The van der Waals surface area contributed by atoms with Crippen molar-refractivity contribution in [3.8, 4) is 0 Å². The van der Waals surface area contributed by atoms with E-state index in [0.717, 1.165) is 6.42 Å². The lowest BCUT2D eigenvalue weighted by atomic mass is 10.2. The van der Waals surface area contributed by atoms with Gasteiger partial charge in [0, 0.05) is 7.79 Å². The number of hydrogen-bond acceptors (Lipinski definition) is 1. The highest BCUT2D eigenvalue weighted by atomic mass is 16.4. The summed E-state index contributed by atoms with van der Waals surface area (Å²) in [4.78, 5) is 9.96. The third-order valence-corrected chi connectivity index (χ3v) is 0.812. The minimum atomic E-state index is -0.872. The van der Waals surface area contributed by atoms with Crippen LogP contribution in [0.1, 0.15) is 34.0 Å². The molecule has 0 aliphatic carbocycles. The second-order valence-electron chi connectivity index (χ2n) is 1.68. The molecule has 2 nitrogen and oxygen atoms in total. The Morgan fingerprint density at radius 2 is 2.50 bits per heavy atom. The summed E-state index contributed by atoms with van der Waals surface area (Å²) in [6, 6.07) is 0. The highest BCUT2D eigenvalue weighted by Crippen LogP contribution is 1.97. The third kappa shape index (κ3) is 5.47. The molecule has 0 aromatic rings. The van der Waals surface area contributed by atoms with Crippen molar-refractivity contribution in [3.63, 3.8) is 0 Å². The summed E-state index contributed by atoms with van der Waals surface area (Å²) in [5.74, 6) is -0.872. The van der Waals surface area contributed by atoms with Crippen LogP contribution in [-0.2, 0) is 4.79 Å². The van der Waals surface area contributed by atoms with Gasteiger partial charge in [-0.05, 0) is 6.40 Å². The topological polar surface area (TPSA) is 37.3 Å². The summed E-state index contributed by atoms with van der Waals surface area (Å²) in [7, 11) is 0. The molecule has 0 aromatic carbocycles. The second-order valence-corrected chi connectivity index (χ2v) is 1.68. The smallest absolute Gasteiger partial charge is 0.303 e. The SMILES string of the molecule is [2H][C@H](CCC)CC(=O)O. The van der Waals surface area contributed by atoms with E-state index in [4.69, 9.17) is 6.48 Å². The van der Waals surface area contributed by atoms with Gasteiger partial charge in [-0.15, -0.1) is 0 Å². The zero-order valence-corrected chi connectivity index (χ0v) is 5.05. The van der Waals surface area contributed by atoms with Crippen molar-refractivity contribution in [3.05, 3.63) is 0 Å². The Morgan fingerprint density at radius 1 is 1.88 bits per heavy atom. The van der Waals surface area contributed by atoms with E-state index in [1.54, 1.807) is 0 Å². The zero-order valence-electron chi connectivity index (χ0n) is 6.05. The van der Waals surface area contributed by atoms with E-state index in [2.05, 4.69) is 0 Å². The molecular formula is C6H12O2. The Kier molecular flexibility index (Phi) is 3.24. The minimum Gasteiger partial charge on any atom is -0.481 e. The van der Waals surface area contributed by atoms with Crippen LogP contribution in [0.25, 0.3) is 0 Å². The van der Waals surface area contributed by atoms with Crippen LogP contribution in [0.2, 0.25) is 0 Å². The summed E-state index contributed by atoms with van der Waals surface area (Å²) in [5, 5.41) is 8.19. The fraction of sp³-hybridized carbons (Fsp3) is 0.833. The molecule has 0 aliphatic heterocycles. The fourth-order valence-corrected chi connectivity index (χ4v) is 0.430. The number of hydrogen-bond donors (Lipinski definition) is 1. The second kappa shape index (κ2) is 4.62. The van der Waals surface area contributed by atoms with Crippen LogP contribution in [0, 0.1) is 0 Å². The molecule has 0 saturated carbocycles. The van der Waals surface area contributed by atoms with Gasteiger partial charge in [0.1, 0.15) is 0 Å². The molecule has 2 heteroatoms. The first kappa shape index (κ1) is 5.60. The molecule has 48 valence electrons. The average Bonchev–Trinajstić information content (AvgIpc) is 1.63. The van der Waals surface area contributed by atoms with Crippen molar-refractivity contribution < 1.29 is 11.3 Å². The molecule has 0 radical (unpaired) electrons. The van der Waals surface area contributed by atoms with Crippen LogP contribution in [0.3, 0.4) is 0 Å². The van der Waals surface area contributed by atoms with Gasteiger partial charge in [-0.3, -0.25) is 4.79 Å². The molecule has 0 amide bonds. The molecule has 0 aromatic heterocycles. The van der Waals surface area contributed by atoms with Gasteiger partial charge in [-0.25, -0.2) is 0 Å². The van der Waals surface area contributed by atoms with E-state index in [9.17, 15) is 4.79 Å². The van der Waals surface area contributed by atoms with Crippen molar-refractivity contribution in [2.75, 3.05) is 0 Å². The molecule has 0 fully saturated rings. The quantitative estimate of drug-likeness (QED) is 0.608. The van der Waals surface area contributed by atoms with Gasteiger partial charge in [0.15, 0.2) is 0 Å². The molecule has 0 spiro atoms. The van der Waals surface area contributed by atoms with Crippen LogP contribution >= 0.6 is 0 Å². The van der Waals surface area contributed by atoms with Gasteiger partial charge in [0.05, 0.1) is 0 Å². The highest BCUT2D eigenvalue weighted by Gasteiger charge is 1.92. The molecule has 0 aliphatic rings. The molecule has 0 heterocycles. The Morgan fingerprint density at radius 3 is 2.88 bits per heavy atom. The number of carbonyl (C=O) groups is 1. The zero-order chi connectivity index (χ0) is 7.28. The van der Waals surface area contributed by atoms with Crippen LogP contribution in [-0.4, -0.2) is 11.1 Å². The summed E-state index contributed by atoms with van der Waals surface area (Å²) in [6.07, 6.45) is 1.15. The maximum Gasteiger partial charge on any atom is 0.303 e. The Bertz CT molecular complexity index is 93.1. The maximum absolute atomic E-state index is 9.96. The van der Waals surface area contributed by atoms with Gasteiger partial charge in [-0.2, -0.15) is 0 Å². The minimum absolute atomic E-state index is 0.0200. The van der Waals surface area contributed by atoms with Crippen LogP contribution in [0.15, 0.2) is 0 Å². The molecule has 8 heavy (non-hydrogen) atoms. The molecule has 1 atom stereocenters. The van der Waals surface area contributed by atoms with E-state index in [-0.39, 0.29) is 6.42 Å². The summed E-state index contributed by atoms with van der Waals surface area (Å²) in [6.45, 7) is 1.95. The molecule has 0 bridgehead atoms. The van der Waals surface area contributed by atoms with Gasteiger partial charge in [-0.1, -0.05) is 19.8 Å². The fourth-order valence-electron chi connectivity index (χ4n) is 0.430. The van der Waals surface area contributed by atoms with Gasteiger partial charge < -0.3 is 5.11 Å². The first-order valence-electron chi connectivity index (χ1n) is 3.38. The summed E-state index contributed by atoms with van der Waals surface area (Å²) in [5.41, 5.74) is 0. The van der Waals surface area contributed by atoms with Gasteiger partial charge in [0.2, 0.25) is 0 Å². The van der Waals surface area contributed by atoms with Gasteiger partial charge >= 0.3 is 5.97 Å². The lowest BCUT2D eigenvalue weighted by Gasteiger charge is -1.89. The molecule has 0 unspecified atom stereocenters. The summed E-state index contributed by atoms with van der Waals surface area (Å²) < 4.78 is 7.12. The predicted molar refractivity (Wildman–Crippen MR) is 31.8 cm³/mol. The van der Waals surface area contributed by atoms with Crippen LogP contribution in [0.5, 0.6) is 0 Å². The van der Waals surface area contributed by atoms with E-state index >= 15 is 0 Å². The third-order valence-electron chi connectivity index (χ3n) is 0.812. The first-order chi connectivity index (χ1) is 4.16. The largest absolute Gasteiger partial charge is 0.481 e. The number of aliphatic carboxylic acids is 1. The van der Waals surface area contributed by atoms with E-state index in [0.29, 0.717) is 6.42 Å². The Hall–Kier alpha value is -0.530. The molecule has 1 N–H and O–H groups in total. The number of rotatable bonds is 4. The lowest BCUT2D eigenvalue weighted by molar-refractivity contribution is -0.137. The van der Waals surface area contributed by atoms with Crippen molar-refractivity contribution in [2.24, 2.45) is 0 Å². The van der Waals surface area contributed by atoms with Gasteiger partial charge in [0.25, 0.3) is 0 Å². The molecule has 0 saturated heterocycles. The van der Waals surface area contributed by atoms with Crippen molar-refractivity contribution in [1.82, 2.24) is 0 Å². The Labute approximate surface area is 50.9 Å². The molecule has 0 rings (SSSR count). The maximum atomic E-state index is 9.96.